The number of fused-ring (bicyclic) bond motifs is 1. The zero-order chi connectivity index (χ0) is 23.6. The maximum atomic E-state index is 12.6. The molecule has 0 amide bonds. The van der Waals surface area contributed by atoms with Crippen LogP contribution in [0.2, 0.25) is 0 Å². The summed E-state index contributed by atoms with van der Waals surface area (Å²) >= 11 is 0. The topological polar surface area (TPSA) is 99.3 Å². The van der Waals surface area contributed by atoms with E-state index in [9.17, 15) is 13.2 Å². The highest BCUT2D eigenvalue weighted by Gasteiger charge is 2.20. The molecule has 0 radical (unpaired) electrons. The van der Waals surface area contributed by atoms with Crippen LogP contribution in [0.3, 0.4) is 0 Å². The second kappa shape index (κ2) is 9.16. The van der Waals surface area contributed by atoms with E-state index in [2.05, 4.69) is 10.1 Å². The van der Waals surface area contributed by atoms with Crippen LogP contribution in [0.25, 0.3) is 16.7 Å². The molecule has 0 saturated carbocycles. The van der Waals surface area contributed by atoms with Crippen LogP contribution in [-0.4, -0.2) is 52.1 Å². The molecule has 0 aliphatic heterocycles. The predicted molar refractivity (Wildman–Crippen MR) is 124 cm³/mol. The molecule has 2 aromatic carbocycles. The van der Waals surface area contributed by atoms with Gasteiger partial charge in [-0.3, -0.25) is 0 Å². The highest BCUT2D eigenvalue weighted by molar-refractivity contribution is 7.89. The number of nitrogens with zero attached hydrogens (tertiary/aromatic N) is 5. The average Bonchev–Trinajstić information content (AvgIpc) is 3.46. The number of hydrogen-bond donors (Lipinski definition) is 0. The van der Waals surface area contributed by atoms with Gasteiger partial charge in [-0.1, -0.05) is 6.92 Å². The van der Waals surface area contributed by atoms with Gasteiger partial charge < -0.3 is 9.30 Å². The van der Waals surface area contributed by atoms with Gasteiger partial charge in [-0.05, 0) is 55.0 Å². The van der Waals surface area contributed by atoms with Crippen LogP contribution in [0, 0.1) is 0 Å². The van der Waals surface area contributed by atoms with Gasteiger partial charge in [-0.15, -0.1) is 0 Å². The summed E-state index contributed by atoms with van der Waals surface area (Å²) in [5.41, 5.74) is 2.60. The molecule has 0 N–H and O–H groups in total. The van der Waals surface area contributed by atoms with Crippen LogP contribution in [0.5, 0.6) is 0 Å². The van der Waals surface area contributed by atoms with E-state index in [0.717, 1.165) is 21.9 Å². The standard InChI is InChI=1S/C23H25N5O4S/c1-4-13-27-21-11-10-19(33(30,31)26(2)3)15-20(21)25-22(27)16-32-23(29)17-6-8-18(9-7-17)28-14-5-12-24-28/h5-12,14-15H,4,13,16H2,1-3H3. The van der Waals surface area contributed by atoms with Crippen LogP contribution in [-0.2, 0) is 27.9 Å². The van der Waals surface area contributed by atoms with Gasteiger partial charge in [-0.25, -0.2) is 27.2 Å². The van der Waals surface area contributed by atoms with Gasteiger partial charge >= 0.3 is 5.97 Å². The summed E-state index contributed by atoms with van der Waals surface area (Å²) in [4.78, 5) is 17.3. The third-order valence-electron chi connectivity index (χ3n) is 5.23. The molecule has 0 aliphatic rings. The molecule has 0 spiro atoms. The Balaban J connectivity index is 1.56. The van der Waals surface area contributed by atoms with Crippen molar-refractivity contribution in [1.29, 1.82) is 0 Å². The van der Waals surface area contributed by atoms with Crippen LogP contribution < -0.4 is 0 Å². The lowest BCUT2D eigenvalue weighted by Crippen LogP contribution is -2.22. The molecule has 2 aromatic heterocycles. The van der Waals surface area contributed by atoms with Gasteiger partial charge in [-0.2, -0.15) is 5.10 Å². The van der Waals surface area contributed by atoms with Crippen LogP contribution >= 0.6 is 0 Å². The SMILES string of the molecule is CCCn1c(COC(=O)c2ccc(-n3cccn3)cc2)nc2cc(S(=O)(=O)N(C)C)ccc21. The smallest absolute Gasteiger partial charge is 0.338 e. The summed E-state index contributed by atoms with van der Waals surface area (Å²) in [6.07, 6.45) is 4.35. The fraction of sp³-hybridized carbons (Fsp3) is 0.261. The molecule has 33 heavy (non-hydrogen) atoms. The zero-order valence-electron chi connectivity index (χ0n) is 18.7. The Hall–Kier alpha value is -3.50. The number of benzene rings is 2. The van der Waals surface area contributed by atoms with Crippen molar-refractivity contribution in [2.75, 3.05) is 14.1 Å². The number of rotatable bonds is 8. The van der Waals surface area contributed by atoms with Gasteiger partial charge in [0.2, 0.25) is 10.0 Å². The summed E-state index contributed by atoms with van der Waals surface area (Å²) < 4.78 is 35.3. The molecule has 0 aliphatic carbocycles. The Kier molecular flexibility index (Phi) is 6.30. The van der Waals surface area contributed by atoms with Crippen LogP contribution in [0.1, 0.15) is 29.5 Å². The van der Waals surface area contributed by atoms with Crippen molar-refractivity contribution in [3.8, 4) is 5.69 Å². The van der Waals surface area contributed by atoms with E-state index in [1.165, 1.54) is 14.1 Å². The summed E-state index contributed by atoms with van der Waals surface area (Å²) in [5, 5.41) is 4.16. The number of esters is 1. The minimum Gasteiger partial charge on any atom is -0.454 e. The number of carbonyl (C=O) groups is 1. The fourth-order valence-corrected chi connectivity index (χ4v) is 4.42. The lowest BCUT2D eigenvalue weighted by atomic mass is 10.2. The van der Waals surface area contributed by atoms with E-state index in [0.29, 0.717) is 23.4 Å². The molecule has 0 fully saturated rings. The van der Waals surface area contributed by atoms with Gasteiger partial charge in [0.1, 0.15) is 12.4 Å². The maximum Gasteiger partial charge on any atom is 0.338 e. The minimum absolute atomic E-state index is 0.0236. The fourth-order valence-electron chi connectivity index (χ4n) is 3.50. The Morgan fingerprint density at radius 3 is 2.52 bits per heavy atom. The number of imidazole rings is 1. The number of ether oxygens (including phenoxy) is 1. The van der Waals surface area contributed by atoms with Crippen LogP contribution in [0.4, 0.5) is 0 Å². The highest BCUT2D eigenvalue weighted by atomic mass is 32.2. The molecule has 10 heteroatoms. The monoisotopic (exact) mass is 467 g/mol. The quantitative estimate of drug-likeness (QED) is 0.369. The van der Waals surface area contributed by atoms with Crippen molar-refractivity contribution in [2.24, 2.45) is 0 Å². The second-order valence-electron chi connectivity index (χ2n) is 7.69. The molecule has 0 unspecified atom stereocenters. The molecule has 172 valence electrons. The number of sulfonamides is 1. The molecule has 0 bridgehead atoms. The molecular formula is C23H25N5O4S. The molecule has 0 saturated heterocycles. The van der Waals surface area contributed by atoms with Gasteiger partial charge in [0.15, 0.2) is 0 Å². The zero-order valence-corrected chi connectivity index (χ0v) is 19.5. The van der Waals surface area contributed by atoms with E-state index in [-0.39, 0.29) is 11.5 Å². The maximum absolute atomic E-state index is 12.6. The Labute approximate surface area is 192 Å². The first kappa shape index (κ1) is 22.7. The molecular weight excluding hydrogens is 442 g/mol. The van der Waals surface area contributed by atoms with Crippen molar-refractivity contribution >= 4 is 27.0 Å². The van der Waals surface area contributed by atoms with Crippen molar-refractivity contribution in [3.63, 3.8) is 0 Å². The normalized spacial score (nSPS) is 11.9. The summed E-state index contributed by atoms with van der Waals surface area (Å²) in [5.74, 6) is 0.0979. The second-order valence-corrected chi connectivity index (χ2v) is 9.84. The number of aryl methyl sites for hydroxylation is 1. The van der Waals surface area contributed by atoms with Crippen molar-refractivity contribution < 1.29 is 17.9 Å². The molecule has 2 heterocycles. The van der Waals surface area contributed by atoms with Gasteiger partial charge in [0, 0.05) is 33.0 Å². The third-order valence-corrected chi connectivity index (χ3v) is 7.04. The van der Waals surface area contributed by atoms with Crippen LogP contribution in [0.15, 0.2) is 65.8 Å². The van der Waals surface area contributed by atoms with E-state index < -0.39 is 16.0 Å². The largest absolute Gasteiger partial charge is 0.454 e. The molecule has 9 nitrogen and oxygen atoms in total. The van der Waals surface area contributed by atoms with Crippen molar-refractivity contribution in [1.82, 2.24) is 23.6 Å². The van der Waals surface area contributed by atoms with E-state index >= 15 is 0 Å². The first-order valence-corrected chi connectivity index (χ1v) is 11.9. The molecule has 4 rings (SSSR count). The van der Waals surface area contributed by atoms with E-state index in [4.69, 9.17) is 4.74 Å². The first-order valence-electron chi connectivity index (χ1n) is 10.5. The van der Waals surface area contributed by atoms with Crippen molar-refractivity contribution in [2.45, 2.75) is 31.4 Å². The number of aromatic nitrogens is 4. The lowest BCUT2D eigenvalue weighted by Gasteiger charge is -2.11. The average molecular weight is 468 g/mol. The van der Waals surface area contributed by atoms with Gasteiger partial charge in [0.05, 0.1) is 27.2 Å². The Morgan fingerprint density at radius 1 is 1.12 bits per heavy atom. The number of carbonyl (C=O) groups excluding carboxylic acids is 1. The van der Waals surface area contributed by atoms with Gasteiger partial charge in [0.25, 0.3) is 0 Å². The number of hydrogen-bond acceptors (Lipinski definition) is 6. The summed E-state index contributed by atoms with van der Waals surface area (Å²) in [6, 6.07) is 13.7. The molecule has 0 atom stereocenters. The van der Waals surface area contributed by atoms with Crippen molar-refractivity contribution in [3.05, 3.63) is 72.3 Å². The van der Waals surface area contributed by atoms with E-state index in [1.807, 2.05) is 23.8 Å². The summed E-state index contributed by atoms with van der Waals surface area (Å²) in [7, 11) is -0.598. The Bertz CT molecular complexity index is 1370. The third kappa shape index (κ3) is 4.53. The lowest BCUT2D eigenvalue weighted by molar-refractivity contribution is 0.0458. The minimum atomic E-state index is -3.57. The molecule has 4 aromatic rings. The highest BCUT2D eigenvalue weighted by Crippen LogP contribution is 2.23. The van der Waals surface area contributed by atoms with E-state index in [1.54, 1.807) is 53.3 Å². The first-order chi connectivity index (χ1) is 15.8. The Morgan fingerprint density at radius 2 is 1.88 bits per heavy atom. The summed E-state index contributed by atoms with van der Waals surface area (Å²) in [6.45, 7) is 2.68. The predicted octanol–water partition coefficient (Wildman–Crippen LogP) is 3.24.